The van der Waals surface area contributed by atoms with E-state index < -0.39 is 0 Å². The first-order valence-electron chi connectivity index (χ1n) is 9.05. The number of aryl methyl sites for hydroxylation is 1. The van der Waals surface area contributed by atoms with Crippen LogP contribution < -0.4 is 14.8 Å². The quantitative estimate of drug-likeness (QED) is 0.560. The molecule has 0 atom stereocenters. The number of amides is 1. The fraction of sp³-hybridized carbons (Fsp3) is 0.136. The third-order valence-corrected chi connectivity index (χ3v) is 4.66. The van der Waals surface area contributed by atoms with Gasteiger partial charge in [0, 0.05) is 23.5 Å². The Morgan fingerprint density at radius 2 is 1.79 bits per heavy atom. The average Bonchev–Trinajstić information content (AvgIpc) is 3.19. The summed E-state index contributed by atoms with van der Waals surface area (Å²) in [5, 5.41) is 7.38. The number of aromatic nitrogens is 3. The van der Waals surface area contributed by atoms with Crippen LogP contribution in [0.1, 0.15) is 16.1 Å². The maximum Gasteiger partial charge on any atom is 0.276 e. The lowest BCUT2D eigenvalue weighted by molar-refractivity contribution is 0.102. The van der Waals surface area contributed by atoms with Crippen molar-refractivity contribution in [1.82, 2.24) is 14.6 Å². The number of fused-ring (bicyclic) bond motifs is 1. The van der Waals surface area contributed by atoms with E-state index >= 15 is 0 Å². The van der Waals surface area contributed by atoms with Crippen LogP contribution in [0.25, 0.3) is 16.9 Å². The summed E-state index contributed by atoms with van der Waals surface area (Å²) in [6, 6.07) is 16.7. The number of para-hydroxylation sites is 1. The summed E-state index contributed by atoms with van der Waals surface area (Å²) in [6.45, 7) is 1.94. The van der Waals surface area contributed by atoms with E-state index in [1.54, 1.807) is 31.0 Å². The molecule has 0 saturated carbocycles. The number of nitrogens with one attached hydrogen (secondary N) is 1. The Morgan fingerprint density at radius 3 is 2.55 bits per heavy atom. The molecule has 146 valence electrons. The highest BCUT2D eigenvalue weighted by atomic mass is 16.5. The van der Waals surface area contributed by atoms with Crippen molar-refractivity contribution in [1.29, 1.82) is 0 Å². The number of anilines is 1. The molecule has 4 aromatic rings. The summed E-state index contributed by atoms with van der Waals surface area (Å²) >= 11 is 0. The fourth-order valence-corrected chi connectivity index (χ4v) is 3.12. The molecule has 0 radical (unpaired) electrons. The topological polar surface area (TPSA) is 77.8 Å². The highest BCUT2D eigenvalue weighted by Crippen LogP contribution is 2.32. The van der Waals surface area contributed by atoms with E-state index in [0.29, 0.717) is 17.1 Å². The molecule has 2 aromatic carbocycles. The first-order valence-corrected chi connectivity index (χ1v) is 9.05. The molecule has 0 aliphatic carbocycles. The number of methoxy groups -OCH3 is 2. The Balaban J connectivity index is 1.72. The Kier molecular flexibility index (Phi) is 4.87. The Labute approximate surface area is 167 Å². The second-order valence-corrected chi connectivity index (χ2v) is 6.47. The van der Waals surface area contributed by atoms with Crippen molar-refractivity contribution >= 4 is 17.2 Å². The smallest absolute Gasteiger partial charge is 0.276 e. The van der Waals surface area contributed by atoms with Gasteiger partial charge in [0.2, 0.25) is 0 Å². The zero-order chi connectivity index (χ0) is 20.4. The minimum atomic E-state index is -0.289. The van der Waals surface area contributed by atoms with Crippen molar-refractivity contribution < 1.29 is 14.3 Å². The molecule has 0 spiro atoms. The molecule has 1 amide bonds. The van der Waals surface area contributed by atoms with Crippen molar-refractivity contribution in [2.45, 2.75) is 6.92 Å². The van der Waals surface area contributed by atoms with Crippen LogP contribution in [0.3, 0.4) is 0 Å². The third kappa shape index (κ3) is 3.50. The molecule has 2 aromatic heterocycles. The van der Waals surface area contributed by atoms with E-state index in [1.165, 1.54) is 0 Å². The summed E-state index contributed by atoms with van der Waals surface area (Å²) in [5.74, 6) is 0.961. The van der Waals surface area contributed by atoms with Crippen molar-refractivity contribution in [2.24, 2.45) is 0 Å². The van der Waals surface area contributed by atoms with Gasteiger partial charge in [0.15, 0.2) is 22.8 Å². The molecule has 0 aliphatic heterocycles. The van der Waals surface area contributed by atoms with Crippen molar-refractivity contribution in [3.63, 3.8) is 0 Å². The number of nitrogens with zero attached hydrogens (tertiary/aromatic N) is 3. The number of carbonyl (C=O) groups excluding carboxylic acids is 1. The third-order valence-electron chi connectivity index (χ3n) is 4.66. The van der Waals surface area contributed by atoms with Crippen molar-refractivity contribution in [2.75, 3.05) is 19.5 Å². The fourth-order valence-electron chi connectivity index (χ4n) is 3.12. The molecular formula is C22H20N4O3. The predicted molar refractivity (Wildman–Crippen MR) is 111 cm³/mol. The van der Waals surface area contributed by atoms with E-state index in [1.807, 2.05) is 55.5 Å². The van der Waals surface area contributed by atoms with Crippen molar-refractivity contribution in [3.05, 3.63) is 72.1 Å². The van der Waals surface area contributed by atoms with Gasteiger partial charge in [-0.1, -0.05) is 18.2 Å². The van der Waals surface area contributed by atoms with Gasteiger partial charge in [-0.05, 0) is 42.8 Å². The monoisotopic (exact) mass is 388 g/mol. The first kappa shape index (κ1) is 18.5. The molecule has 2 heterocycles. The standard InChI is InChI=1S/C22H20N4O3/c1-14-6-4-5-7-16(14)24-22(27)17-13-21-23-11-10-18(26(21)25-17)15-8-9-19(28-2)20(12-15)29-3/h4-13H,1-3H3,(H,24,27). The van der Waals surface area contributed by atoms with Gasteiger partial charge in [0.25, 0.3) is 5.91 Å². The van der Waals surface area contributed by atoms with Gasteiger partial charge >= 0.3 is 0 Å². The lowest BCUT2D eigenvalue weighted by Gasteiger charge is -2.10. The summed E-state index contributed by atoms with van der Waals surface area (Å²) in [7, 11) is 3.18. The zero-order valence-corrected chi connectivity index (χ0v) is 16.3. The van der Waals surface area contributed by atoms with E-state index in [4.69, 9.17) is 9.47 Å². The minimum absolute atomic E-state index is 0.286. The Hall–Kier alpha value is -3.87. The molecule has 1 N–H and O–H groups in total. The molecule has 0 saturated heterocycles. The SMILES string of the molecule is COc1ccc(-c2ccnc3cc(C(=O)Nc4ccccc4C)nn23)cc1OC. The van der Waals surface area contributed by atoms with Crippen LogP contribution >= 0.6 is 0 Å². The lowest BCUT2D eigenvalue weighted by atomic mass is 10.1. The normalized spacial score (nSPS) is 10.7. The largest absolute Gasteiger partial charge is 0.493 e. The molecule has 4 rings (SSSR count). The van der Waals surface area contributed by atoms with Crippen LogP contribution in [0.2, 0.25) is 0 Å². The van der Waals surface area contributed by atoms with Crippen LogP contribution in [0.15, 0.2) is 60.8 Å². The first-order chi connectivity index (χ1) is 14.1. The molecular weight excluding hydrogens is 368 g/mol. The summed E-state index contributed by atoms with van der Waals surface area (Å²) in [6.07, 6.45) is 1.69. The van der Waals surface area contributed by atoms with Gasteiger partial charge in [-0.2, -0.15) is 5.10 Å². The molecule has 29 heavy (non-hydrogen) atoms. The van der Waals surface area contributed by atoms with Crippen LogP contribution in [-0.4, -0.2) is 34.7 Å². The van der Waals surface area contributed by atoms with Crippen LogP contribution in [0.4, 0.5) is 5.69 Å². The van der Waals surface area contributed by atoms with Crippen molar-refractivity contribution in [3.8, 4) is 22.8 Å². The summed E-state index contributed by atoms with van der Waals surface area (Å²) in [4.78, 5) is 17.1. The van der Waals surface area contributed by atoms with Crippen LogP contribution in [0, 0.1) is 6.92 Å². The number of hydrogen-bond acceptors (Lipinski definition) is 5. The number of hydrogen-bond donors (Lipinski definition) is 1. The highest BCUT2D eigenvalue weighted by Gasteiger charge is 2.16. The van der Waals surface area contributed by atoms with E-state index in [2.05, 4.69) is 15.4 Å². The zero-order valence-electron chi connectivity index (χ0n) is 16.3. The van der Waals surface area contributed by atoms with Gasteiger partial charge in [-0.3, -0.25) is 4.79 Å². The number of benzene rings is 2. The molecule has 7 heteroatoms. The van der Waals surface area contributed by atoms with E-state index in [9.17, 15) is 4.79 Å². The van der Waals surface area contributed by atoms with Gasteiger partial charge in [-0.15, -0.1) is 0 Å². The summed E-state index contributed by atoms with van der Waals surface area (Å²) in [5.41, 5.74) is 4.24. The average molecular weight is 388 g/mol. The molecule has 0 fully saturated rings. The Morgan fingerprint density at radius 1 is 1.00 bits per heavy atom. The number of carbonyl (C=O) groups is 1. The predicted octanol–water partition coefficient (Wildman–Crippen LogP) is 3.97. The second-order valence-electron chi connectivity index (χ2n) is 6.47. The number of rotatable bonds is 5. The van der Waals surface area contributed by atoms with Gasteiger partial charge in [0.1, 0.15) is 0 Å². The van der Waals surface area contributed by atoms with Gasteiger partial charge in [-0.25, -0.2) is 9.50 Å². The van der Waals surface area contributed by atoms with Gasteiger partial charge < -0.3 is 14.8 Å². The van der Waals surface area contributed by atoms with Crippen LogP contribution in [-0.2, 0) is 0 Å². The molecule has 0 unspecified atom stereocenters. The van der Waals surface area contributed by atoms with Gasteiger partial charge in [0.05, 0.1) is 19.9 Å². The van der Waals surface area contributed by atoms with Crippen LogP contribution in [0.5, 0.6) is 11.5 Å². The molecule has 0 aliphatic rings. The highest BCUT2D eigenvalue weighted by molar-refractivity contribution is 6.04. The molecule has 7 nitrogen and oxygen atoms in total. The number of ether oxygens (including phenoxy) is 2. The maximum atomic E-state index is 12.7. The minimum Gasteiger partial charge on any atom is -0.493 e. The summed E-state index contributed by atoms with van der Waals surface area (Å²) < 4.78 is 12.3. The van der Waals surface area contributed by atoms with E-state index in [0.717, 1.165) is 22.5 Å². The molecule has 0 bridgehead atoms. The second kappa shape index (κ2) is 7.63. The maximum absolute atomic E-state index is 12.7. The van der Waals surface area contributed by atoms with E-state index in [-0.39, 0.29) is 11.6 Å². The lowest BCUT2D eigenvalue weighted by Crippen LogP contribution is -2.13. The Bertz CT molecular complexity index is 1200.